The van der Waals surface area contributed by atoms with Gasteiger partial charge in [0.1, 0.15) is 0 Å². The Kier molecular flexibility index (Phi) is 2.34. The number of hydrogen-bond acceptors (Lipinski definition) is 4. The fourth-order valence-corrected chi connectivity index (χ4v) is 2.82. The Balaban J connectivity index is 2.67. The fourth-order valence-electron chi connectivity index (χ4n) is 0.863. The van der Waals surface area contributed by atoms with Gasteiger partial charge in [-0.05, 0) is 28.3 Å². The molecule has 5 heteroatoms. The van der Waals surface area contributed by atoms with Crippen LogP contribution in [-0.4, -0.2) is 16.2 Å². The molecule has 0 aliphatic carbocycles. The van der Waals surface area contributed by atoms with Gasteiger partial charge in [-0.2, -0.15) is 0 Å². The van der Waals surface area contributed by atoms with Crippen LogP contribution < -0.4 is 0 Å². The van der Waals surface area contributed by atoms with Crippen molar-refractivity contribution < 1.29 is 0 Å². The van der Waals surface area contributed by atoms with E-state index in [4.69, 9.17) is 0 Å². The van der Waals surface area contributed by atoms with Crippen molar-refractivity contribution >= 4 is 49.4 Å². The Morgan fingerprint density at radius 3 is 3.17 bits per heavy atom. The normalized spacial score (nSPS) is 10.8. The van der Waals surface area contributed by atoms with Crippen molar-refractivity contribution in [1.82, 2.24) is 9.97 Å². The molecule has 0 atom stereocenters. The molecule has 0 amide bonds. The van der Waals surface area contributed by atoms with E-state index in [9.17, 15) is 0 Å². The molecule has 0 aliphatic heterocycles. The molecule has 2 rings (SSSR count). The lowest BCUT2D eigenvalue weighted by Gasteiger charge is -1.86. The second-order valence-electron chi connectivity index (χ2n) is 2.16. The lowest BCUT2D eigenvalue weighted by Crippen LogP contribution is -1.74. The minimum absolute atomic E-state index is 0.840. The zero-order valence-electron chi connectivity index (χ0n) is 6.24. The number of nitrogens with zero attached hydrogens (tertiary/aromatic N) is 2. The van der Waals surface area contributed by atoms with Crippen molar-refractivity contribution in [2.45, 2.75) is 4.34 Å². The predicted molar refractivity (Wildman–Crippen MR) is 56.9 cm³/mol. The zero-order valence-corrected chi connectivity index (χ0v) is 9.46. The van der Waals surface area contributed by atoms with Crippen molar-refractivity contribution in [1.29, 1.82) is 0 Å². The molecule has 0 bridgehead atoms. The Bertz CT molecular complexity index is 413. The number of rotatable bonds is 1. The molecule has 62 valence electrons. The fraction of sp³-hybridized carbons (Fsp3) is 0.143. The SMILES string of the molecule is CSc1nc2ncc(Br)cc2s1. The Morgan fingerprint density at radius 2 is 2.42 bits per heavy atom. The van der Waals surface area contributed by atoms with Crippen LogP contribution in [0.2, 0.25) is 0 Å². The van der Waals surface area contributed by atoms with E-state index >= 15 is 0 Å². The first-order valence-electron chi connectivity index (χ1n) is 3.25. The molecule has 0 saturated heterocycles. The van der Waals surface area contributed by atoms with E-state index < -0.39 is 0 Å². The minimum Gasteiger partial charge on any atom is -0.235 e. The van der Waals surface area contributed by atoms with Gasteiger partial charge < -0.3 is 0 Å². The van der Waals surface area contributed by atoms with Crippen molar-refractivity contribution in [3.8, 4) is 0 Å². The van der Waals surface area contributed by atoms with Crippen LogP contribution in [0.5, 0.6) is 0 Å². The third-order valence-corrected chi connectivity index (χ3v) is 3.78. The first-order chi connectivity index (χ1) is 5.79. The Hall–Kier alpha value is -0.130. The molecule has 0 spiro atoms. The predicted octanol–water partition coefficient (Wildman–Crippen LogP) is 3.18. The number of aromatic nitrogens is 2. The van der Waals surface area contributed by atoms with Crippen molar-refractivity contribution in [3.05, 3.63) is 16.7 Å². The summed E-state index contributed by atoms with van der Waals surface area (Å²) in [4.78, 5) is 8.51. The van der Waals surface area contributed by atoms with Crippen LogP contribution in [0.4, 0.5) is 0 Å². The zero-order chi connectivity index (χ0) is 8.55. The van der Waals surface area contributed by atoms with E-state index in [-0.39, 0.29) is 0 Å². The molecule has 12 heavy (non-hydrogen) atoms. The van der Waals surface area contributed by atoms with Crippen molar-refractivity contribution in [2.75, 3.05) is 6.26 Å². The van der Waals surface area contributed by atoms with Crippen LogP contribution in [0.25, 0.3) is 10.3 Å². The average Bonchev–Trinajstić information content (AvgIpc) is 2.46. The average molecular weight is 261 g/mol. The van der Waals surface area contributed by atoms with E-state index in [0.29, 0.717) is 0 Å². The first-order valence-corrected chi connectivity index (χ1v) is 6.09. The lowest BCUT2D eigenvalue weighted by molar-refractivity contribution is 1.23. The van der Waals surface area contributed by atoms with Crippen LogP contribution in [0.15, 0.2) is 21.1 Å². The topological polar surface area (TPSA) is 25.8 Å². The molecule has 2 heterocycles. The summed E-state index contributed by atoms with van der Waals surface area (Å²) in [7, 11) is 0. The third kappa shape index (κ3) is 1.48. The highest BCUT2D eigenvalue weighted by Crippen LogP contribution is 2.28. The number of thiazole rings is 1. The van der Waals surface area contributed by atoms with Gasteiger partial charge in [0.05, 0.1) is 4.70 Å². The molecule has 2 nitrogen and oxygen atoms in total. The molecule has 0 unspecified atom stereocenters. The van der Waals surface area contributed by atoms with Gasteiger partial charge >= 0.3 is 0 Å². The van der Waals surface area contributed by atoms with Gasteiger partial charge in [0, 0.05) is 10.7 Å². The highest BCUT2D eigenvalue weighted by Gasteiger charge is 2.03. The number of hydrogen-bond donors (Lipinski definition) is 0. The summed E-state index contributed by atoms with van der Waals surface area (Å²) in [5.41, 5.74) is 0.840. The van der Waals surface area contributed by atoms with Crippen LogP contribution in [0.3, 0.4) is 0 Å². The van der Waals surface area contributed by atoms with Crippen LogP contribution >= 0.6 is 39.0 Å². The molecule has 0 aliphatic rings. The molecule has 0 fully saturated rings. The maximum atomic E-state index is 4.32. The van der Waals surface area contributed by atoms with Gasteiger partial charge in [0.2, 0.25) is 0 Å². The standard InChI is InChI=1S/C7H5BrN2S2/c1-11-7-10-6-5(12-7)2-4(8)3-9-6/h2-3H,1H3. The second-order valence-corrected chi connectivity index (χ2v) is 5.16. The van der Waals surface area contributed by atoms with Gasteiger partial charge in [-0.25, -0.2) is 9.97 Å². The largest absolute Gasteiger partial charge is 0.235 e. The smallest absolute Gasteiger partial charge is 0.171 e. The van der Waals surface area contributed by atoms with Gasteiger partial charge in [0.25, 0.3) is 0 Å². The molecule has 0 radical (unpaired) electrons. The van der Waals surface area contributed by atoms with Gasteiger partial charge in [0.15, 0.2) is 9.99 Å². The molecular formula is C7H5BrN2S2. The molecular weight excluding hydrogens is 256 g/mol. The summed E-state index contributed by atoms with van der Waals surface area (Å²) in [6, 6.07) is 2.04. The summed E-state index contributed by atoms with van der Waals surface area (Å²) < 4.78 is 3.20. The summed E-state index contributed by atoms with van der Waals surface area (Å²) in [6.07, 6.45) is 3.79. The van der Waals surface area contributed by atoms with E-state index in [0.717, 1.165) is 19.2 Å². The molecule has 2 aromatic rings. The van der Waals surface area contributed by atoms with Crippen molar-refractivity contribution in [2.24, 2.45) is 0 Å². The van der Waals surface area contributed by atoms with Crippen LogP contribution in [0, 0.1) is 0 Å². The quantitative estimate of drug-likeness (QED) is 0.737. The number of pyridine rings is 1. The van der Waals surface area contributed by atoms with E-state index in [1.807, 2.05) is 12.3 Å². The van der Waals surface area contributed by atoms with E-state index in [1.54, 1.807) is 29.3 Å². The van der Waals surface area contributed by atoms with Gasteiger partial charge in [-0.1, -0.05) is 11.8 Å². The molecule has 0 N–H and O–H groups in total. The Labute approximate surface area is 86.5 Å². The Morgan fingerprint density at radius 1 is 1.58 bits per heavy atom. The minimum atomic E-state index is 0.840. The third-order valence-electron chi connectivity index (χ3n) is 1.37. The number of halogens is 1. The second kappa shape index (κ2) is 3.32. The first kappa shape index (κ1) is 8.47. The van der Waals surface area contributed by atoms with Crippen molar-refractivity contribution in [3.63, 3.8) is 0 Å². The maximum absolute atomic E-state index is 4.32. The van der Waals surface area contributed by atoms with E-state index in [1.165, 1.54) is 0 Å². The highest BCUT2D eigenvalue weighted by molar-refractivity contribution is 9.10. The summed E-state index contributed by atoms with van der Waals surface area (Å²) >= 11 is 6.70. The van der Waals surface area contributed by atoms with Crippen LogP contribution in [0.1, 0.15) is 0 Å². The molecule has 2 aromatic heterocycles. The van der Waals surface area contributed by atoms with Gasteiger partial charge in [-0.15, -0.1) is 11.3 Å². The van der Waals surface area contributed by atoms with E-state index in [2.05, 4.69) is 25.9 Å². The summed E-state index contributed by atoms with van der Waals surface area (Å²) in [5, 5.41) is 0. The molecule has 0 aromatic carbocycles. The molecule has 0 saturated carbocycles. The summed E-state index contributed by atoms with van der Waals surface area (Å²) in [5.74, 6) is 0. The monoisotopic (exact) mass is 260 g/mol. The maximum Gasteiger partial charge on any atom is 0.171 e. The summed E-state index contributed by atoms with van der Waals surface area (Å²) in [6.45, 7) is 0. The number of thioether (sulfide) groups is 1. The van der Waals surface area contributed by atoms with Crippen LogP contribution in [-0.2, 0) is 0 Å². The lowest BCUT2D eigenvalue weighted by atomic mass is 10.5. The number of fused-ring (bicyclic) bond motifs is 1. The van der Waals surface area contributed by atoms with Gasteiger partial charge in [-0.3, -0.25) is 0 Å². The highest BCUT2D eigenvalue weighted by atomic mass is 79.9.